The van der Waals surface area contributed by atoms with Crippen LogP contribution in [0.3, 0.4) is 0 Å². The van der Waals surface area contributed by atoms with Crippen LogP contribution < -0.4 is 0 Å². The Labute approximate surface area is 108 Å². The lowest BCUT2D eigenvalue weighted by atomic mass is 10.1. The summed E-state index contributed by atoms with van der Waals surface area (Å²) < 4.78 is 4.76. The van der Waals surface area contributed by atoms with Gasteiger partial charge in [0, 0.05) is 6.42 Å². The number of unbranched alkanes of at least 4 members (excludes halogenated alkanes) is 5. The van der Waals surface area contributed by atoms with E-state index in [4.69, 9.17) is 9.84 Å². The van der Waals surface area contributed by atoms with Crippen LogP contribution in [0.1, 0.15) is 58.3 Å². The summed E-state index contributed by atoms with van der Waals surface area (Å²) in [5.41, 5.74) is 0. The maximum absolute atomic E-state index is 11.1. The predicted octanol–water partition coefficient (Wildman–Crippen LogP) is 2.32. The van der Waals surface area contributed by atoms with Crippen molar-refractivity contribution in [2.45, 2.75) is 58.3 Å². The van der Waals surface area contributed by atoms with Gasteiger partial charge >= 0.3 is 11.9 Å². The van der Waals surface area contributed by atoms with E-state index < -0.39 is 17.7 Å². The van der Waals surface area contributed by atoms with Crippen LogP contribution in [0.2, 0.25) is 0 Å². The number of carbonyl (C=O) groups excluding carboxylic acids is 2. The molecule has 0 unspecified atom stereocenters. The lowest BCUT2D eigenvalue weighted by molar-refractivity contribution is -0.154. The van der Waals surface area contributed by atoms with Gasteiger partial charge in [-0.1, -0.05) is 39.0 Å². The Morgan fingerprint density at radius 2 is 1.56 bits per heavy atom. The summed E-state index contributed by atoms with van der Waals surface area (Å²) in [6, 6.07) is 0. The van der Waals surface area contributed by atoms with Gasteiger partial charge in [0.25, 0.3) is 0 Å². The van der Waals surface area contributed by atoms with Gasteiger partial charge in [-0.05, 0) is 6.42 Å². The van der Waals surface area contributed by atoms with Crippen LogP contribution in [0.4, 0.5) is 0 Å². The first-order chi connectivity index (χ1) is 8.57. The molecule has 18 heavy (non-hydrogen) atoms. The maximum Gasteiger partial charge on any atom is 0.374 e. The number of hydrogen-bond acceptors (Lipinski definition) is 4. The highest BCUT2D eigenvalue weighted by Gasteiger charge is 2.16. The second kappa shape index (κ2) is 10.7. The standard InChI is InChI=1S/C13H22O5/c1-2-3-4-5-6-7-10-18-13(17)11(14)8-9-12(15)16/h2-10H2,1H3,(H,15,16). The van der Waals surface area contributed by atoms with E-state index in [1.807, 2.05) is 0 Å². The van der Waals surface area contributed by atoms with Crippen LogP contribution in [-0.4, -0.2) is 29.4 Å². The quantitative estimate of drug-likeness (QED) is 0.349. The zero-order valence-corrected chi connectivity index (χ0v) is 10.9. The summed E-state index contributed by atoms with van der Waals surface area (Å²) in [4.78, 5) is 32.4. The maximum atomic E-state index is 11.1. The van der Waals surface area contributed by atoms with Crippen LogP contribution in [0, 0.1) is 0 Å². The normalized spacial score (nSPS) is 10.1. The van der Waals surface area contributed by atoms with Gasteiger partial charge in [-0.3, -0.25) is 9.59 Å². The van der Waals surface area contributed by atoms with E-state index >= 15 is 0 Å². The SMILES string of the molecule is CCCCCCCCOC(=O)C(=O)CCC(=O)O. The fraction of sp³-hybridized carbons (Fsp3) is 0.769. The van der Waals surface area contributed by atoms with Crippen molar-refractivity contribution in [3.8, 4) is 0 Å². The van der Waals surface area contributed by atoms with Gasteiger partial charge in [-0.2, -0.15) is 0 Å². The molecule has 0 bridgehead atoms. The first-order valence-electron chi connectivity index (χ1n) is 6.49. The Morgan fingerprint density at radius 3 is 2.17 bits per heavy atom. The van der Waals surface area contributed by atoms with Crippen molar-refractivity contribution in [1.29, 1.82) is 0 Å². The molecule has 0 aromatic carbocycles. The zero-order valence-electron chi connectivity index (χ0n) is 10.9. The number of hydrogen-bond donors (Lipinski definition) is 1. The number of carboxylic acid groups (broad SMARTS) is 1. The van der Waals surface area contributed by atoms with E-state index in [0.717, 1.165) is 19.3 Å². The van der Waals surface area contributed by atoms with Crippen molar-refractivity contribution in [3.05, 3.63) is 0 Å². The van der Waals surface area contributed by atoms with E-state index in [1.54, 1.807) is 0 Å². The van der Waals surface area contributed by atoms with E-state index in [1.165, 1.54) is 19.3 Å². The van der Waals surface area contributed by atoms with Crippen molar-refractivity contribution >= 4 is 17.7 Å². The summed E-state index contributed by atoms with van der Waals surface area (Å²) in [5, 5.41) is 8.36. The fourth-order valence-corrected chi connectivity index (χ4v) is 1.45. The molecule has 0 saturated heterocycles. The molecule has 5 heteroatoms. The molecule has 0 aliphatic carbocycles. The molecule has 0 atom stereocenters. The topological polar surface area (TPSA) is 80.7 Å². The van der Waals surface area contributed by atoms with Crippen LogP contribution in [0.25, 0.3) is 0 Å². The number of ether oxygens (including phenoxy) is 1. The number of ketones is 1. The molecule has 1 N–H and O–H groups in total. The van der Waals surface area contributed by atoms with Gasteiger partial charge in [0.15, 0.2) is 0 Å². The van der Waals surface area contributed by atoms with E-state index in [2.05, 4.69) is 6.92 Å². The van der Waals surface area contributed by atoms with Crippen molar-refractivity contribution in [3.63, 3.8) is 0 Å². The number of esters is 1. The molecule has 0 radical (unpaired) electrons. The molecule has 0 heterocycles. The largest absolute Gasteiger partial charge is 0.481 e. The highest BCUT2D eigenvalue weighted by atomic mass is 16.5. The second-order valence-corrected chi connectivity index (χ2v) is 4.22. The minimum atomic E-state index is -1.09. The third-order valence-corrected chi connectivity index (χ3v) is 2.52. The number of aliphatic carboxylic acids is 1. The molecule has 0 aromatic rings. The van der Waals surface area contributed by atoms with Gasteiger partial charge in [-0.15, -0.1) is 0 Å². The van der Waals surface area contributed by atoms with Crippen molar-refractivity contribution in [2.24, 2.45) is 0 Å². The Kier molecular flexibility index (Phi) is 9.91. The average Bonchev–Trinajstić information content (AvgIpc) is 2.34. The number of carboxylic acids is 1. The molecular formula is C13H22O5. The molecule has 0 amide bonds. The van der Waals surface area contributed by atoms with E-state index in [9.17, 15) is 14.4 Å². The summed E-state index contributed by atoms with van der Waals surface area (Å²) >= 11 is 0. The lowest BCUT2D eigenvalue weighted by Gasteiger charge is -2.03. The van der Waals surface area contributed by atoms with Gasteiger partial charge < -0.3 is 9.84 Å². The summed E-state index contributed by atoms with van der Waals surface area (Å²) in [5.74, 6) is -2.76. The minimum Gasteiger partial charge on any atom is -0.481 e. The Balaban J connectivity index is 3.46. The molecule has 0 aromatic heterocycles. The van der Waals surface area contributed by atoms with Gasteiger partial charge in [-0.25, -0.2) is 4.79 Å². The lowest BCUT2D eigenvalue weighted by Crippen LogP contribution is -2.18. The smallest absolute Gasteiger partial charge is 0.374 e. The molecule has 0 fully saturated rings. The predicted molar refractivity (Wildman–Crippen MR) is 66.2 cm³/mol. The number of rotatable bonds is 11. The Bertz CT molecular complexity index is 273. The first kappa shape index (κ1) is 16.6. The molecular weight excluding hydrogens is 236 g/mol. The van der Waals surface area contributed by atoms with E-state index in [-0.39, 0.29) is 19.4 Å². The van der Waals surface area contributed by atoms with Crippen LogP contribution in [0.15, 0.2) is 0 Å². The van der Waals surface area contributed by atoms with E-state index in [0.29, 0.717) is 0 Å². The minimum absolute atomic E-state index is 0.240. The summed E-state index contributed by atoms with van der Waals surface area (Å²) in [6.45, 7) is 2.38. The molecule has 0 saturated carbocycles. The highest BCUT2D eigenvalue weighted by Crippen LogP contribution is 2.05. The zero-order chi connectivity index (χ0) is 13.8. The second-order valence-electron chi connectivity index (χ2n) is 4.22. The molecule has 0 rings (SSSR count). The highest BCUT2D eigenvalue weighted by molar-refractivity contribution is 6.33. The number of Topliss-reactive ketones (excluding diaryl/α,β-unsaturated/α-hetero) is 1. The monoisotopic (exact) mass is 258 g/mol. The summed E-state index contributed by atoms with van der Waals surface area (Å²) in [6.07, 6.45) is 5.81. The number of carbonyl (C=O) groups is 3. The molecule has 104 valence electrons. The Morgan fingerprint density at radius 1 is 0.944 bits per heavy atom. The molecule has 0 aliphatic heterocycles. The third kappa shape index (κ3) is 9.81. The van der Waals surface area contributed by atoms with Crippen molar-refractivity contribution < 1.29 is 24.2 Å². The van der Waals surface area contributed by atoms with Crippen molar-refractivity contribution in [1.82, 2.24) is 0 Å². The first-order valence-corrected chi connectivity index (χ1v) is 6.49. The van der Waals surface area contributed by atoms with Gasteiger partial charge in [0.05, 0.1) is 13.0 Å². The van der Waals surface area contributed by atoms with Gasteiger partial charge in [0.1, 0.15) is 0 Å². The molecule has 0 spiro atoms. The third-order valence-electron chi connectivity index (χ3n) is 2.52. The van der Waals surface area contributed by atoms with Crippen LogP contribution in [-0.2, 0) is 19.1 Å². The Hall–Kier alpha value is -1.39. The van der Waals surface area contributed by atoms with Crippen molar-refractivity contribution in [2.75, 3.05) is 6.61 Å². The average molecular weight is 258 g/mol. The fourth-order valence-electron chi connectivity index (χ4n) is 1.45. The van der Waals surface area contributed by atoms with Crippen LogP contribution in [0.5, 0.6) is 0 Å². The van der Waals surface area contributed by atoms with Gasteiger partial charge in [0.2, 0.25) is 5.78 Å². The summed E-state index contributed by atoms with van der Waals surface area (Å²) in [7, 11) is 0. The molecule has 5 nitrogen and oxygen atoms in total. The molecule has 0 aliphatic rings. The van der Waals surface area contributed by atoms with Crippen LogP contribution >= 0.6 is 0 Å².